The van der Waals surface area contributed by atoms with Crippen molar-refractivity contribution >= 4 is 29.5 Å². The van der Waals surface area contributed by atoms with Crippen LogP contribution in [-0.2, 0) is 9.59 Å². The second kappa shape index (κ2) is 9.39. The second-order valence-corrected chi connectivity index (χ2v) is 7.20. The monoisotopic (exact) mass is 405 g/mol. The Morgan fingerprint density at radius 3 is 2.47 bits per heavy atom. The molecule has 0 aromatic heterocycles. The van der Waals surface area contributed by atoms with Gasteiger partial charge < -0.3 is 15.1 Å². The zero-order valence-electron chi connectivity index (χ0n) is 17.6. The zero-order valence-corrected chi connectivity index (χ0v) is 17.6. The summed E-state index contributed by atoms with van der Waals surface area (Å²) < 4.78 is 0. The number of benzene rings is 2. The molecule has 0 radical (unpaired) electrons. The van der Waals surface area contributed by atoms with Gasteiger partial charge in [-0.15, -0.1) is 0 Å². The van der Waals surface area contributed by atoms with E-state index in [9.17, 15) is 14.4 Å². The third-order valence-electron chi connectivity index (χ3n) is 5.29. The largest absolute Gasteiger partial charge is 0.339 e. The van der Waals surface area contributed by atoms with E-state index in [-0.39, 0.29) is 30.2 Å². The van der Waals surface area contributed by atoms with Crippen LogP contribution in [-0.4, -0.2) is 40.6 Å². The molecule has 3 amide bonds. The average Bonchev–Trinajstić information content (AvgIpc) is 2.74. The van der Waals surface area contributed by atoms with E-state index in [1.807, 2.05) is 44.2 Å². The molecule has 0 saturated carbocycles. The van der Waals surface area contributed by atoms with Crippen LogP contribution < -0.4 is 5.32 Å². The molecule has 1 atom stereocenters. The lowest BCUT2D eigenvalue weighted by Gasteiger charge is -2.32. The van der Waals surface area contributed by atoms with Gasteiger partial charge in [-0.25, -0.2) is 0 Å². The summed E-state index contributed by atoms with van der Waals surface area (Å²) in [6.07, 6.45) is 3.73. The Balaban J connectivity index is 1.77. The molecule has 0 bridgehead atoms. The van der Waals surface area contributed by atoms with Crippen molar-refractivity contribution in [3.05, 3.63) is 71.4 Å². The maximum absolute atomic E-state index is 12.8. The van der Waals surface area contributed by atoms with Crippen LogP contribution in [0.3, 0.4) is 0 Å². The number of anilines is 1. The highest BCUT2D eigenvalue weighted by molar-refractivity contribution is 5.97. The number of rotatable bonds is 6. The number of fused-ring (bicyclic) bond motifs is 1. The van der Waals surface area contributed by atoms with Gasteiger partial charge in [0.2, 0.25) is 11.8 Å². The first-order valence-electron chi connectivity index (χ1n) is 10.2. The van der Waals surface area contributed by atoms with Crippen molar-refractivity contribution in [3.63, 3.8) is 0 Å². The molecule has 6 heteroatoms. The van der Waals surface area contributed by atoms with Crippen LogP contribution in [0.4, 0.5) is 5.69 Å². The fraction of sp³-hybridized carbons (Fsp3) is 0.292. The molecule has 6 nitrogen and oxygen atoms in total. The maximum atomic E-state index is 12.8. The molecule has 0 aliphatic carbocycles. The molecule has 0 fully saturated rings. The molecule has 156 valence electrons. The SMILES string of the molecule is CCN(CC)C(=O)c1cccc(NC(=O)C[C@@H]2c3ccccc3C=CN2C(C)=O)c1. The Hall–Kier alpha value is -3.41. The molecule has 1 aliphatic heterocycles. The fourth-order valence-corrected chi connectivity index (χ4v) is 3.72. The average molecular weight is 405 g/mol. The molecule has 30 heavy (non-hydrogen) atoms. The lowest BCUT2D eigenvalue weighted by molar-refractivity contribution is -0.129. The quantitative estimate of drug-likeness (QED) is 0.788. The van der Waals surface area contributed by atoms with Gasteiger partial charge in [-0.1, -0.05) is 30.3 Å². The number of hydrogen-bond acceptors (Lipinski definition) is 3. The van der Waals surface area contributed by atoms with Crippen LogP contribution in [0.5, 0.6) is 0 Å². The number of nitrogens with zero attached hydrogens (tertiary/aromatic N) is 2. The smallest absolute Gasteiger partial charge is 0.253 e. The lowest BCUT2D eigenvalue weighted by atomic mass is 9.93. The van der Waals surface area contributed by atoms with Gasteiger partial charge in [-0.05, 0) is 49.2 Å². The summed E-state index contributed by atoms with van der Waals surface area (Å²) in [7, 11) is 0. The Morgan fingerprint density at radius 2 is 1.77 bits per heavy atom. The molecule has 1 heterocycles. The van der Waals surface area contributed by atoms with Gasteiger partial charge in [0.1, 0.15) is 0 Å². The van der Waals surface area contributed by atoms with Crippen molar-refractivity contribution in [3.8, 4) is 0 Å². The van der Waals surface area contributed by atoms with Crippen LogP contribution in [0, 0.1) is 0 Å². The van der Waals surface area contributed by atoms with Crippen LogP contribution in [0.25, 0.3) is 6.08 Å². The summed E-state index contributed by atoms with van der Waals surface area (Å²) in [5.41, 5.74) is 3.04. The van der Waals surface area contributed by atoms with Crippen LogP contribution >= 0.6 is 0 Å². The topological polar surface area (TPSA) is 69.7 Å². The Labute approximate surface area is 177 Å². The van der Waals surface area contributed by atoms with Gasteiger partial charge in [0.25, 0.3) is 5.91 Å². The molecular formula is C24H27N3O3. The number of amides is 3. The van der Waals surface area contributed by atoms with Gasteiger partial charge in [-0.3, -0.25) is 14.4 Å². The van der Waals surface area contributed by atoms with Crippen LogP contribution in [0.2, 0.25) is 0 Å². The highest BCUT2D eigenvalue weighted by Gasteiger charge is 2.28. The molecular weight excluding hydrogens is 378 g/mol. The van der Waals surface area contributed by atoms with Crippen molar-refractivity contribution in [2.24, 2.45) is 0 Å². The summed E-state index contributed by atoms with van der Waals surface area (Å²) >= 11 is 0. The Bertz CT molecular complexity index is 979. The summed E-state index contributed by atoms with van der Waals surface area (Å²) in [6, 6.07) is 14.3. The second-order valence-electron chi connectivity index (χ2n) is 7.20. The molecule has 1 N–H and O–H groups in total. The first kappa shape index (κ1) is 21.3. The Kier molecular flexibility index (Phi) is 6.67. The van der Waals surface area contributed by atoms with Crippen LogP contribution in [0.15, 0.2) is 54.7 Å². The molecule has 1 aliphatic rings. The number of carbonyl (C=O) groups excluding carboxylic acids is 3. The predicted octanol–water partition coefficient (Wildman–Crippen LogP) is 4.07. The predicted molar refractivity (Wildman–Crippen MR) is 118 cm³/mol. The summed E-state index contributed by atoms with van der Waals surface area (Å²) in [5.74, 6) is -0.403. The van der Waals surface area contributed by atoms with E-state index in [1.54, 1.807) is 40.3 Å². The zero-order chi connectivity index (χ0) is 21.7. The summed E-state index contributed by atoms with van der Waals surface area (Å²) in [5, 5.41) is 2.88. The minimum Gasteiger partial charge on any atom is -0.339 e. The molecule has 0 spiro atoms. The third-order valence-corrected chi connectivity index (χ3v) is 5.29. The van der Waals surface area contributed by atoms with Crippen molar-refractivity contribution in [2.75, 3.05) is 18.4 Å². The highest BCUT2D eigenvalue weighted by atomic mass is 16.2. The van der Waals surface area contributed by atoms with E-state index in [0.717, 1.165) is 11.1 Å². The minimum absolute atomic E-state index is 0.0646. The molecule has 0 saturated heterocycles. The Morgan fingerprint density at radius 1 is 1.03 bits per heavy atom. The molecule has 2 aromatic rings. The number of nitrogens with one attached hydrogen (secondary N) is 1. The molecule has 3 rings (SSSR count). The van der Waals surface area contributed by atoms with Crippen molar-refractivity contribution < 1.29 is 14.4 Å². The third kappa shape index (κ3) is 4.59. The standard InChI is InChI=1S/C24H27N3O3/c1-4-26(5-2)24(30)19-10-8-11-20(15-19)25-23(29)16-22-21-12-7-6-9-18(21)13-14-27(22)17(3)28/h6-15,22H,4-5,16H2,1-3H3,(H,25,29)/t22-/m1/s1. The number of hydrogen-bond donors (Lipinski definition) is 1. The van der Waals surface area contributed by atoms with Gasteiger partial charge in [0.05, 0.1) is 12.5 Å². The minimum atomic E-state index is -0.371. The van der Waals surface area contributed by atoms with Crippen molar-refractivity contribution in [1.29, 1.82) is 0 Å². The van der Waals surface area contributed by atoms with Crippen LogP contribution in [0.1, 0.15) is 54.7 Å². The van der Waals surface area contributed by atoms with Gasteiger partial charge in [0.15, 0.2) is 0 Å². The van der Waals surface area contributed by atoms with E-state index in [1.165, 1.54) is 6.92 Å². The van der Waals surface area contributed by atoms with Gasteiger partial charge >= 0.3 is 0 Å². The highest BCUT2D eigenvalue weighted by Crippen LogP contribution is 2.33. The lowest BCUT2D eigenvalue weighted by Crippen LogP contribution is -2.33. The maximum Gasteiger partial charge on any atom is 0.253 e. The molecule has 2 aromatic carbocycles. The van der Waals surface area contributed by atoms with E-state index in [0.29, 0.717) is 24.3 Å². The summed E-state index contributed by atoms with van der Waals surface area (Å²) in [4.78, 5) is 40.8. The fourth-order valence-electron chi connectivity index (χ4n) is 3.72. The van der Waals surface area contributed by atoms with Crippen molar-refractivity contribution in [1.82, 2.24) is 9.80 Å². The van der Waals surface area contributed by atoms with E-state index in [4.69, 9.17) is 0 Å². The van der Waals surface area contributed by atoms with E-state index < -0.39 is 0 Å². The van der Waals surface area contributed by atoms with E-state index >= 15 is 0 Å². The van der Waals surface area contributed by atoms with Gasteiger partial charge in [-0.2, -0.15) is 0 Å². The molecule has 0 unspecified atom stereocenters. The van der Waals surface area contributed by atoms with Gasteiger partial charge in [0, 0.05) is 37.5 Å². The summed E-state index contributed by atoms with van der Waals surface area (Å²) in [6.45, 7) is 6.61. The normalized spacial score (nSPS) is 14.8. The van der Waals surface area contributed by atoms with Crippen molar-refractivity contribution in [2.45, 2.75) is 33.2 Å². The number of carbonyl (C=O) groups is 3. The first-order valence-corrected chi connectivity index (χ1v) is 10.2. The van der Waals surface area contributed by atoms with E-state index in [2.05, 4.69) is 5.32 Å². The first-order chi connectivity index (χ1) is 14.4.